The fourth-order valence-corrected chi connectivity index (χ4v) is 4.06. The van der Waals surface area contributed by atoms with E-state index in [2.05, 4.69) is 10.2 Å². The standard InChI is InChI=1S/C21H29N5O3/c1-14-6-9-18(26-22-10-11-23-26)17(12-14)19(27)24-13-16(8-7-15(24)2)25(20(28)29)21(3,4)5/h6,9-12,15-16H,7-8,13H2,1-5H3,(H,28,29). The second-order valence-electron chi connectivity index (χ2n) is 8.70. The summed E-state index contributed by atoms with van der Waals surface area (Å²) >= 11 is 0. The van der Waals surface area contributed by atoms with E-state index in [0.717, 1.165) is 18.4 Å². The first-order chi connectivity index (χ1) is 13.6. The Morgan fingerprint density at radius 2 is 1.83 bits per heavy atom. The van der Waals surface area contributed by atoms with Crippen molar-refractivity contribution in [3.63, 3.8) is 0 Å². The molecule has 156 valence electrons. The maximum Gasteiger partial charge on any atom is 0.408 e. The molecule has 2 aromatic rings. The number of amides is 2. The summed E-state index contributed by atoms with van der Waals surface area (Å²) in [5.74, 6) is -0.127. The quantitative estimate of drug-likeness (QED) is 0.855. The minimum absolute atomic E-state index is 0.0216. The van der Waals surface area contributed by atoms with E-state index in [-0.39, 0.29) is 18.0 Å². The molecule has 8 heteroatoms. The molecule has 1 N–H and O–H groups in total. The lowest BCUT2D eigenvalue weighted by molar-refractivity contribution is 0.0195. The summed E-state index contributed by atoms with van der Waals surface area (Å²) in [7, 11) is 0. The minimum atomic E-state index is -0.957. The monoisotopic (exact) mass is 399 g/mol. The number of nitrogens with zero attached hydrogens (tertiary/aromatic N) is 5. The average molecular weight is 399 g/mol. The molecule has 0 saturated carbocycles. The molecular formula is C21H29N5O3. The van der Waals surface area contributed by atoms with Gasteiger partial charge in [0.05, 0.1) is 29.7 Å². The number of carboxylic acid groups (broad SMARTS) is 1. The Morgan fingerprint density at radius 3 is 2.41 bits per heavy atom. The lowest BCUT2D eigenvalue weighted by atomic mass is 9.93. The van der Waals surface area contributed by atoms with Gasteiger partial charge < -0.3 is 10.0 Å². The van der Waals surface area contributed by atoms with Crippen LogP contribution in [0.25, 0.3) is 5.69 Å². The highest BCUT2D eigenvalue weighted by Gasteiger charge is 2.39. The topological polar surface area (TPSA) is 91.6 Å². The van der Waals surface area contributed by atoms with Gasteiger partial charge in [-0.3, -0.25) is 9.69 Å². The van der Waals surface area contributed by atoms with E-state index in [1.54, 1.807) is 17.3 Å². The Hall–Kier alpha value is -2.90. The van der Waals surface area contributed by atoms with Gasteiger partial charge in [0.1, 0.15) is 0 Å². The molecule has 3 rings (SSSR count). The summed E-state index contributed by atoms with van der Waals surface area (Å²) in [5, 5.41) is 18.1. The van der Waals surface area contributed by atoms with Crippen LogP contribution in [0.4, 0.5) is 4.79 Å². The Labute approximate surface area is 171 Å². The molecule has 8 nitrogen and oxygen atoms in total. The largest absolute Gasteiger partial charge is 0.465 e. The third kappa shape index (κ3) is 4.26. The van der Waals surface area contributed by atoms with E-state index >= 15 is 0 Å². The molecule has 1 saturated heterocycles. The number of likely N-dealkylation sites (tertiary alicyclic amines) is 1. The smallest absolute Gasteiger partial charge is 0.408 e. The normalized spacial score (nSPS) is 19.8. The molecule has 2 amide bonds. The van der Waals surface area contributed by atoms with Crippen LogP contribution in [0, 0.1) is 6.92 Å². The van der Waals surface area contributed by atoms with Crippen molar-refractivity contribution in [2.24, 2.45) is 0 Å². The number of aryl methyl sites for hydroxylation is 1. The van der Waals surface area contributed by atoms with Crippen LogP contribution in [0.5, 0.6) is 0 Å². The molecule has 2 unspecified atom stereocenters. The first-order valence-electron chi connectivity index (χ1n) is 9.90. The molecule has 1 aliphatic rings. The van der Waals surface area contributed by atoms with Crippen LogP contribution in [0.3, 0.4) is 0 Å². The molecule has 1 aliphatic heterocycles. The second-order valence-corrected chi connectivity index (χ2v) is 8.70. The van der Waals surface area contributed by atoms with Gasteiger partial charge in [-0.25, -0.2) is 4.79 Å². The van der Waals surface area contributed by atoms with Crippen LogP contribution in [-0.4, -0.2) is 66.1 Å². The lowest BCUT2D eigenvalue weighted by Gasteiger charge is -2.46. The highest BCUT2D eigenvalue weighted by atomic mass is 16.4. The van der Waals surface area contributed by atoms with E-state index in [9.17, 15) is 14.7 Å². The van der Waals surface area contributed by atoms with Crippen molar-refractivity contribution in [2.75, 3.05) is 6.54 Å². The molecule has 2 atom stereocenters. The van der Waals surface area contributed by atoms with Crippen molar-refractivity contribution >= 4 is 12.0 Å². The van der Waals surface area contributed by atoms with E-state index < -0.39 is 11.6 Å². The van der Waals surface area contributed by atoms with Crippen LogP contribution in [0.2, 0.25) is 0 Å². The molecule has 0 radical (unpaired) electrons. The zero-order valence-electron chi connectivity index (χ0n) is 17.7. The third-order valence-corrected chi connectivity index (χ3v) is 5.43. The van der Waals surface area contributed by atoms with Crippen LogP contribution < -0.4 is 0 Å². The first kappa shape index (κ1) is 20.8. The molecule has 1 fully saturated rings. The van der Waals surface area contributed by atoms with Gasteiger partial charge >= 0.3 is 6.09 Å². The fraction of sp³-hybridized carbons (Fsp3) is 0.524. The van der Waals surface area contributed by atoms with Gasteiger partial charge in [-0.1, -0.05) is 11.6 Å². The lowest BCUT2D eigenvalue weighted by Crippen LogP contribution is -2.59. The molecule has 0 bridgehead atoms. The first-order valence-corrected chi connectivity index (χ1v) is 9.90. The summed E-state index contributed by atoms with van der Waals surface area (Å²) in [4.78, 5) is 30.2. The zero-order valence-corrected chi connectivity index (χ0v) is 17.7. The van der Waals surface area contributed by atoms with Crippen LogP contribution in [0.15, 0.2) is 30.6 Å². The molecule has 0 spiro atoms. The number of piperidine rings is 1. The Balaban J connectivity index is 1.94. The Bertz CT molecular complexity index is 888. The molecule has 1 aromatic heterocycles. The summed E-state index contributed by atoms with van der Waals surface area (Å²) in [5.41, 5.74) is 1.56. The maximum atomic E-state index is 13.6. The minimum Gasteiger partial charge on any atom is -0.465 e. The highest BCUT2D eigenvalue weighted by molar-refractivity contribution is 5.98. The van der Waals surface area contributed by atoms with Crippen molar-refractivity contribution in [3.05, 3.63) is 41.7 Å². The fourth-order valence-electron chi connectivity index (χ4n) is 4.06. The molecular weight excluding hydrogens is 370 g/mol. The zero-order chi connectivity index (χ0) is 21.3. The predicted octanol–water partition coefficient (Wildman–Crippen LogP) is 3.35. The predicted molar refractivity (Wildman–Crippen MR) is 109 cm³/mol. The van der Waals surface area contributed by atoms with Crippen LogP contribution in [0.1, 0.15) is 56.5 Å². The average Bonchev–Trinajstić information content (AvgIpc) is 3.15. The van der Waals surface area contributed by atoms with Crippen molar-refractivity contribution in [2.45, 2.75) is 65.1 Å². The summed E-state index contributed by atoms with van der Waals surface area (Å²) in [6.07, 6.45) is 3.66. The van der Waals surface area contributed by atoms with Crippen LogP contribution in [-0.2, 0) is 0 Å². The number of aromatic nitrogens is 3. The second kappa shape index (κ2) is 7.85. The van der Waals surface area contributed by atoms with Gasteiger partial charge in [-0.05, 0) is 59.6 Å². The van der Waals surface area contributed by atoms with Gasteiger partial charge in [0.2, 0.25) is 0 Å². The maximum absolute atomic E-state index is 13.6. The number of hydrogen-bond acceptors (Lipinski definition) is 4. The number of hydrogen-bond donors (Lipinski definition) is 1. The summed E-state index contributed by atoms with van der Waals surface area (Å²) < 4.78 is 0. The van der Waals surface area contributed by atoms with Gasteiger partial charge in [0.25, 0.3) is 5.91 Å². The molecule has 0 aliphatic carbocycles. The van der Waals surface area contributed by atoms with Gasteiger partial charge in [0, 0.05) is 18.1 Å². The van der Waals surface area contributed by atoms with Crippen molar-refractivity contribution in [1.29, 1.82) is 0 Å². The third-order valence-electron chi connectivity index (χ3n) is 5.43. The Morgan fingerprint density at radius 1 is 1.17 bits per heavy atom. The highest BCUT2D eigenvalue weighted by Crippen LogP contribution is 2.29. The van der Waals surface area contributed by atoms with Gasteiger partial charge in [0.15, 0.2) is 0 Å². The number of carbonyl (C=O) groups is 2. The van der Waals surface area contributed by atoms with Crippen LogP contribution >= 0.6 is 0 Å². The van der Waals surface area contributed by atoms with E-state index in [1.807, 2.05) is 52.8 Å². The van der Waals surface area contributed by atoms with Gasteiger partial charge in [-0.2, -0.15) is 15.0 Å². The Kier molecular flexibility index (Phi) is 5.64. The van der Waals surface area contributed by atoms with E-state index in [0.29, 0.717) is 17.8 Å². The SMILES string of the molecule is Cc1ccc(-n2nccn2)c(C(=O)N2CC(N(C(=O)O)C(C)(C)C)CCC2C)c1. The van der Waals surface area contributed by atoms with Gasteiger partial charge in [-0.15, -0.1) is 0 Å². The van der Waals surface area contributed by atoms with E-state index in [4.69, 9.17) is 0 Å². The summed E-state index contributed by atoms with van der Waals surface area (Å²) in [6, 6.07) is 5.38. The summed E-state index contributed by atoms with van der Waals surface area (Å²) in [6.45, 7) is 9.96. The number of benzene rings is 1. The molecule has 29 heavy (non-hydrogen) atoms. The van der Waals surface area contributed by atoms with Crippen molar-refractivity contribution < 1.29 is 14.7 Å². The molecule has 1 aromatic carbocycles. The van der Waals surface area contributed by atoms with E-state index in [1.165, 1.54) is 9.70 Å². The van der Waals surface area contributed by atoms with Crippen molar-refractivity contribution in [3.8, 4) is 5.69 Å². The number of carbonyl (C=O) groups excluding carboxylic acids is 1. The van der Waals surface area contributed by atoms with Crippen molar-refractivity contribution in [1.82, 2.24) is 24.8 Å². The number of rotatable bonds is 3. The molecule has 2 heterocycles.